The zero-order valence-corrected chi connectivity index (χ0v) is 14.2. The highest BCUT2D eigenvalue weighted by Crippen LogP contribution is 2.19. The molecule has 3 rings (SSSR count). The van der Waals surface area contributed by atoms with E-state index in [9.17, 15) is 4.79 Å². The first-order valence-corrected chi connectivity index (χ1v) is 8.44. The Labute approximate surface area is 143 Å². The number of para-hydroxylation sites is 1. The van der Waals surface area contributed by atoms with Gasteiger partial charge in [-0.25, -0.2) is 15.0 Å². The molecule has 0 spiro atoms. The molecular formula is C17H17N5OS. The Morgan fingerprint density at radius 2 is 1.75 bits per heavy atom. The van der Waals surface area contributed by atoms with Gasteiger partial charge in [-0.05, 0) is 32.0 Å². The van der Waals surface area contributed by atoms with Crippen molar-refractivity contribution >= 4 is 23.4 Å². The van der Waals surface area contributed by atoms with E-state index < -0.39 is 0 Å². The summed E-state index contributed by atoms with van der Waals surface area (Å²) >= 11 is 1.46. The highest BCUT2D eigenvalue weighted by atomic mass is 32.2. The van der Waals surface area contributed by atoms with Gasteiger partial charge in [0.05, 0.1) is 5.69 Å². The molecule has 0 saturated carbocycles. The van der Waals surface area contributed by atoms with Crippen molar-refractivity contribution in [3.05, 3.63) is 69.9 Å². The molecule has 2 heterocycles. The van der Waals surface area contributed by atoms with Crippen molar-refractivity contribution < 1.29 is 0 Å². The van der Waals surface area contributed by atoms with Gasteiger partial charge in [-0.15, -0.1) is 0 Å². The summed E-state index contributed by atoms with van der Waals surface area (Å²) in [6.07, 6.45) is 0. The lowest BCUT2D eigenvalue weighted by Crippen LogP contribution is -2.11. The molecule has 0 amide bonds. The molecule has 6 nitrogen and oxygen atoms in total. The topological polar surface area (TPSA) is 83.6 Å². The van der Waals surface area contributed by atoms with Gasteiger partial charge in [0, 0.05) is 28.9 Å². The summed E-state index contributed by atoms with van der Waals surface area (Å²) in [4.78, 5) is 27.8. The molecule has 122 valence electrons. The number of aryl methyl sites for hydroxylation is 2. The van der Waals surface area contributed by atoms with Gasteiger partial charge in [-0.3, -0.25) is 9.78 Å². The van der Waals surface area contributed by atoms with Crippen LogP contribution in [0.2, 0.25) is 0 Å². The third-order valence-corrected chi connectivity index (χ3v) is 4.02. The molecule has 24 heavy (non-hydrogen) atoms. The second-order valence-electron chi connectivity index (χ2n) is 5.30. The summed E-state index contributed by atoms with van der Waals surface area (Å²) in [7, 11) is 0. The molecule has 0 radical (unpaired) electrons. The molecule has 0 fully saturated rings. The van der Waals surface area contributed by atoms with Crippen molar-refractivity contribution in [2.75, 3.05) is 5.32 Å². The van der Waals surface area contributed by atoms with Gasteiger partial charge < -0.3 is 5.32 Å². The maximum Gasteiger partial charge on any atom is 0.252 e. The van der Waals surface area contributed by atoms with Crippen LogP contribution < -0.4 is 10.9 Å². The molecule has 2 N–H and O–H groups in total. The van der Waals surface area contributed by atoms with Crippen LogP contribution in [-0.2, 0) is 5.75 Å². The second-order valence-corrected chi connectivity index (χ2v) is 6.24. The zero-order valence-electron chi connectivity index (χ0n) is 13.4. The summed E-state index contributed by atoms with van der Waals surface area (Å²) in [5.41, 5.74) is 3.19. The number of rotatable bonds is 5. The van der Waals surface area contributed by atoms with Crippen LogP contribution in [0.1, 0.15) is 17.1 Å². The molecule has 0 bridgehead atoms. The van der Waals surface area contributed by atoms with Crippen LogP contribution in [0, 0.1) is 13.8 Å². The van der Waals surface area contributed by atoms with Crippen LogP contribution in [0.3, 0.4) is 0 Å². The first-order valence-electron chi connectivity index (χ1n) is 7.46. The molecule has 7 heteroatoms. The highest BCUT2D eigenvalue weighted by molar-refractivity contribution is 7.98. The van der Waals surface area contributed by atoms with Gasteiger partial charge in [0.15, 0.2) is 5.16 Å². The van der Waals surface area contributed by atoms with E-state index in [0.717, 1.165) is 17.1 Å². The van der Waals surface area contributed by atoms with E-state index in [1.165, 1.54) is 17.8 Å². The average molecular weight is 339 g/mol. The molecule has 0 aliphatic carbocycles. The van der Waals surface area contributed by atoms with Crippen molar-refractivity contribution in [1.29, 1.82) is 0 Å². The molecule has 1 aromatic carbocycles. The summed E-state index contributed by atoms with van der Waals surface area (Å²) in [6, 6.07) is 13.0. The van der Waals surface area contributed by atoms with E-state index in [2.05, 4.69) is 25.3 Å². The summed E-state index contributed by atoms with van der Waals surface area (Å²) in [5.74, 6) is 0.946. The largest absolute Gasteiger partial charge is 0.326 e. The fourth-order valence-corrected chi connectivity index (χ4v) is 3.04. The molecule has 3 aromatic rings. The number of hydrogen-bond donors (Lipinski definition) is 2. The molecule has 2 aromatic heterocycles. The minimum absolute atomic E-state index is 0.194. The second kappa shape index (κ2) is 7.27. The lowest BCUT2D eigenvalue weighted by atomic mass is 10.3. The highest BCUT2D eigenvalue weighted by Gasteiger charge is 2.06. The lowest BCUT2D eigenvalue weighted by Gasteiger charge is -2.07. The number of H-pyrrole nitrogens is 1. The van der Waals surface area contributed by atoms with Crippen LogP contribution in [-0.4, -0.2) is 19.9 Å². The van der Waals surface area contributed by atoms with Gasteiger partial charge >= 0.3 is 0 Å². The Morgan fingerprint density at radius 3 is 2.46 bits per heavy atom. The number of nitrogens with one attached hydrogen (secondary N) is 2. The predicted molar refractivity (Wildman–Crippen MR) is 95.6 cm³/mol. The van der Waals surface area contributed by atoms with Crippen LogP contribution in [0.4, 0.5) is 11.6 Å². The maximum absolute atomic E-state index is 11.8. The van der Waals surface area contributed by atoms with Crippen molar-refractivity contribution in [3.63, 3.8) is 0 Å². The van der Waals surface area contributed by atoms with Gasteiger partial charge in [0.2, 0.25) is 5.95 Å². The zero-order chi connectivity index (χ0) is 16.9. The Bertz CT molecular complexity index is 875. The fraction of sp³-hybridized carbons (Fsp3) is 0.176. The quantitative estimate of drug-likeness (QED) is 0.548. The van der Waals surface area contributed by atoms with Crippen LogP contribution in [0.25, 0.3) is 0 Å². The van der Waals surface area contributed by atoms with E-state index in [-0.39, 0.29) is 5.56 Å². The lowest BCUT2D eigenvalue weighted by molar-refractivity contribution is 0.900. The van der Waals surface area contributed by atoms with Gasteiger partial charge in [0.25, 0.3) is 5.56 Å². The summed E-state index contributed by atoms with van der Waals surface area (Å²) in [5, 5.41) is 3.78. The molecule has 0 aliphatic rings. The van der Waals surface area contributed by atoms with Gasteiger partial charge in [0.1, 0.15) is 0 Å². The normalized spacial score (nSPS) is 10.6. The molecule has 0 saturated heterocycles. The first kappa shape index (κ1) is 16.2. The van der Waals surface area contributed by atoms with Gasteiger partial charge in [-0.2, -0.15) is 0 Å². The molecule has 0 unspecified atom stereocenters. The number of aromatic nitrogens is 4. The van der Waals surface area contributed by atoms with Crippen molar-refractivity contribution in [2.24, 2.45) is 0 Å². The van der Waals surface area contributed by atoms with E-state index in [1.54, 1.807) is 0 Å². The predicted octanol–water partition coefficient (Wildman–Crippen LogP) is 3.21. The molecule has 0 atom stereocenters. The standard InChI is InChI=1S/C17H17N5OS/c1-11-8-12(2)19-17(18-11)24-10-14-9-15(23)22-16(21-14)20-13-6-4-3-5-7-13/h3-9H,10H2,1-2H3,(H2,20,21,22,23). The molecule has 0 aliphatic heterocycles. The van der Waals surface area contributed by atoms with Gasteiger partial charge in [-0.1, -0.05) is 30.0 Å². The Balaban J connectivity index is 1.75. The van der Waals surface area contributed by atoms with Crippen molar-refractivity contribution in [3.8, 4) is 0 Å². The fourth-order valence-electron chi connectivity index (χ4n) is 2.20. The number of aromatic amines is 1. The van der Waals surface area contributed by atoms with Crippen molar-refractivity contribution in [2.45, 2.75) is 24.8 Å². The number of thioether (sulfide) groups is 1. The Hall–Kier alpha value is -2.67. The average Bonchev–Trinajstić information content (AvgIpc) is 2.52. The van der Waals surface area contributed by atoms with E-state index in [1.807, 2.05) is 50.2 Å². The summed E-state index contributed by atoms with van der Waals surface area (Å²) < 4.78 is 0. The first-order chi connectivity index (χ1) is 11.6. The van der Waals surface area contributed by atoms with E-state index in [0.29, 0.717) is 22.6 Å². The SMILES string of the molecule is Cc1cc(C)nc(SCc2cc(=O)[nH]c(Nc3ccccc3)n2)n1. The third-order valence-electron chi connectivity index (χ3n) is 3.14. The third kappa shape index (κ3) is 4.42. The number of hydrogen-bond acceptors (Lipinski definition) is 6. The number of anilines is 2. The monoisotopic (exact) mass is 339 g/mol. The van der Waals surface area contributed by atoms with Crippen LogP contribution in [0.5, 0.6) is 0 Å². The number of nitrogens with zero attached hydrogens (tertiary/aromatic N) is 3. The maximum atomic E-state index is 11.8. The van der Waals surface area contributed by atoms with E-state index in [4.69, 9.17) is 0 Å². The molecular weight excluding hydrogens is 322 g/mol. The summed E-state index contributed by atoms with van der Waals surface area (Å²) in [6.45, 7) is 3.87. The van der Waals surface area contributed by atoms with Crippen LogP contribution in [0.15, 0.2) is 52.4 Å². The van der Waals surface area contributed by atoms with Crippen molar-refractivity contribution in [1.82, 2.24) is 19.9 Å². The minimum Gasteiger partial charge on any atom is -0.326 e. The van der Waals surface area contributed by atoms with E-state index >= 15 is 0 Å². The number of benzene rings is 1. The Morgan fingerprint density at radius 1 is 1.04 bits per heavy atom. The Kier molecular flexibility index (Phi) is 4.90. The van der Waals surface area contributed by atoms with Crippen LogP contribution >= 0.6 is 11.8 Å². The smallest absolute Gasteiger partial charge is 0.252 e. The minimum atomic E-state index is -0.194.